The second-order valence-corrected chi connectivity index (χ2v) is 5.63. The lowest BCUT2D eigenvalue weighted by atomic mass is 9.85. The molecule has 17 heavy (non-hydrogen) atoms. The molecule has 0 amide bonds. The molecule has 90 valence electrons. The smallest absolute Gasteiger partial charge is 0.328 e. The Kier molecular flexibility index (Phi) is 2.82. The third kappa shape index (κ3) is 2.41. The van der Waals surface area contributed by atoms with Crippen molar-refractivity contribution in [3.63, 3.8) is 0 Å². The van der Waals surface area contributed by atoms with Crippen LogP contribution in [0.3, 0.4) is 0 Å². The maximum atomic E-state index is 10.7. The van der Waals surface area contributed by atoms with Crippen LogP contribution in [0.25, 0.3) is 5.57 Å². The molecule has 1 aliphatic carbocycles. The Labute approximate surface area is 102 Å². The van der Waals surface area contributed by atoms with Crippen molar-refractivity contribution in [2.45, 2.75) is 39.0 Å². The van der Waals surface area contributed by atoms with E-state index in [0.717, 1.165) is 24.0 Å². The summed E-state index contributed by atoms with van der Waals surface area (Å²) in [6.45, 7) is 6.58. The predicted molar refractivity (Wildman–Crippen MR) is 69.1 cm³/mol. The van der Waals surface area contributed by atoms with E-state index in [-0.39, 0.29) is 5.41 Å². The van der Waals surface area contributed by atoms with E-state index in [0.29, 0.717) is 0 Å². The standard InChI is InChI=1S/C15H18O2/c1-15(2,3)12-6-7-13-10(8-12)4-5-11(13)9-14(16)17/h6-9H,4-5H2,1-3H3,(H,16,17)/b11-9+. The number of benzene rings is 1. The molecule has 0 saturated carbocycles. The zero-order chi connectivity index (χ0) is 12.6. The first-order chi connectivity index (χ1) is 7.88. The largest absolute Gasteiger partial charge is 0.478 e. The van der Waals surface area contributed by atoms with Crippen LogP contribution in [0, 0.1) is 0 Å². The van der Waals surface area contributed by atoms with Gasteiger partial charge in [-0.2, -0.15) is 0 Å². The number of aliphatic carboxylic acids is 1. The summed E-state index contributed by atoms with van der Waals surface area (Å²) in [7, 11) is 0. The van der Waals surface area contributed by atoms with Crippen LogP contribution < -0.4 is 0 Å². The highest BCUT2D eigenvalue weighted by Gasteiger charge is 2.20. The number of allylic oxidation sites excluding steroid dienone is 1. The summed E-state index contributed by atoms with van der Waals surface area (Å²) in [5, 5.41) is 8.81. The van der Waals surface area contributed by atoms with Gasteiger partial charge < -0.3 is 5.11 Å². The number of carboxylic acids is 1. The van der Waals surface area contributed by atoms with Crippen molar-refractivity contribution in [3.05, 3.63) is 41.0 Å². The summed E-state index contributed by atoms with van der Waals surface area (Å²) < 4.78 is 0. The SMILES string of the molecule is CC(C)(C)c1ccc2c(c1)CC/C2=C\C(=O)O. The minimum atomic E-state index is -0.854. The zero-order valence-electron chi connectivity index (χ0n) is 10.6. The van der Waals surface area contributed by atoms with Gasteiger partial charge in [-0.15, -0.1) is 0 Å². The Morgan fingerprint density at radius 2 is 2.00 bits per heavy atom. The molecule has 1 aromatic carbocycles. The van der Waals surface area contributed by atoms with Crippen LogP contribution in [0.2, 0.25) is 0 Å². The third-order valence-corrected chi connectivity index (χ3v) is 3.28. The molecule has 2 heteroatoms. The zero-order valence-corrected chi connectivity index (χ0v) is 10.6. The molecule has 0 aliphatic heterocycles. The van der Waals surface area contributed by atoms with Crippen LogP contribution in [0.15, 0.2) is 24.3 Å². The predicted octanol–water partition coefficient (Wildman–Crippen LogP) is 3.40. The highest BCUT2D eigenvalue weighted by atomic mass is 16.4. The molecule has 1 aliphatic rings. The fourth-order valence-electron chi connectivity index (χ4n) is 2.28. The lowest BCUT2D eigenvalue weighted by molar-refractivity contribution is -0.131. The van der Waals surface area contributed by atoms with Gasteiger partial charge in [0, 0.05) is 6.08 Å². The van der Waals surface area contributed by atoms with Crippen LogP contribution in [0.1, 0.15) is 43.9 Å². The van der Waals surface area contributed by atoms with E-state index in [4.69, 9.17) is 5.11 Å². The quantitative estimate of drug-likeness (QED) is 0.751. The number of rotatable bonds is 1. The van der Waals surface area contributed by atoms with Crippen LogP contribution in [0.4, 0.5) is 0 Å². The van der Waals surface area contributed by atoms with Crippen LogP contribution >= 0.6 is 0 Å². The van der Waals surface area contributed by atoms with Crippen LogP contribution in [-0.4, -0.2) is 11.1 Å². The molecule has 0 radical (unpaired) electrons. The molecular formula is C15H18O2. The summed E-state index contributed by atoms with van der Waals surface area (Å²) in [5.41, 5.74) is 4.81. The topological polar surface area (TPSA) is 37.3 Å². The summed E-state index contributed by atoms with van der Waals surface area (Å²) >= 11 is 0. The summed E-state index contributed by atoms with van der Waals surface area (Å²) in [6.07, 6.45) is 3.14. The lowest BCUT2D eigenvalue weighted by Crippen LogP contribution is -2.11. The van der Waals surface area contributed by atoms with E-state index in [1.165, 1.54) is 17.2 Å². The highest BCUT2D eigenvalue weighted by molar-refractivity contribution is 5.91. The van der Waals surface area contributed by atoms with Gasteiger partial charge >= 0.3 is 5.97 Å². The molecule has 0 fully saturated rings. The Bertz CT molecular complexity index is 490. The Morgan fingerprint density at radius 1 is 1.29 bits per heavy atom. The lowest BCUT2D eigenvalue weighted by Gasteiger charge is -2.20. The minimum absolute atomic E-state index is 0.147. The second kappa shape index (κ2) is 4.02. The van der Waals surface area contributed by atoms with Crippen molar-refractivity contribution in [1.82, 2.24) is 0 Å². The van der Waals surface area contributed by atoms with Gasteiger partial charge in [0.25, 0.3) is 0 Å². The maximum Gasteiger partial charge on any atom is 0.328 e. The van der Waals surface area contributed by atoms with E-state index >= 15 is 0 Å². The van der Waals surface area contributed by atoms with Crippen LogP contribution in [-0.2, 0) is 16.6 Å². The highest BCUT2D eigenvalue weighted by Crippen LogP contribution is 2.35. The first-order valence-corrected chi connectivity index (χ1v) is 5.95. The van der Waals surface area contributed by atoms with Crippen LogP contribution in [0.5, 0.6) is 0 Å². The second-order valence-electron chi connectivity index (χ2n) is 5.63. The van der Waals surface area contributed by atoms with E-state index < -0.39 is 5.97 Å². The number of hydrogen-bond donors (Lipinski definition) is 1. The summed E-state index contributed by atoms with van der Waals surface area (Å²) in [6, 6.07) is 6.40. The summed E-state index contributed by atoms with van der Waals surface area (Å²) in [5.74, 6) is -0.854. The van der Waals surface area contributed by atoms with E-state index in [2.05, 4.69) is 39.0 Å². The van der Waals surface area contributed by atoms with E-state index in [9.17, 15) is 4.79 Å². The Balaban J connectivity index is 2.42. The maximum absolute atomic E-state index is 10.7. The van der Waals surface area contributed by atoms with Gasteiger partial charge in [-0.05, 0) is 40.5 Å². The number of aryl methyl sites for hydroxylation is 1. The number of carboxylic acid groups (broad SMARTS) is 1. The average molecular weight is 230 g/mol. The van der Waals surface area contributed by atoms with Gasteiger partial charge in [0.05, 0.1) is 0 Å². The Hall–Kier alpha value is -1.57. The molecule has 0 unspecified atom stereocenters. The molecule has 0 spiro atoms. The molecule has 0 aromatic heterocycles. The fraction of sp³-hybridized carbons (Fsp3) is 0.400. The van der Waals surface area contributed by atoms with E-state index in [1.807, 2.05) is 0 Å². The van der Waals surface area contributed by atoms with Gasteiger partial charge in [-0.25, -0.2) is 4.79 Å². The van der Waals surface area contributed by atoms with Gasteiger partial charge in [0.15, 0.2) is 0 Å². The molecule has 1 N–H and O–H groups in total. The van der Waals surface area contributed by atoms with Crippen molar-refractivity contribution >= 4 is 11.5 Å². The molecule has 0 atom stereocenters. The molecule has 2 nitrogen and oxygen atoms in total. The first kappa shape index (κ1) is 11.9. The van der Waals surface area contributed by atoms with Crippen molar-refractivity contribution in [2.24, 2.45) is 0 Å². The number of hydrogen-bond acceptors (Lipinski definition) is 1. The first-order valence-electron chi connectivity index (χ1n) is 5.95. The molecule has 0 saturated heterocycles. The average Bonchev–Trinajstić information content (AvgIpc) is 2.59. The molecule has 1 aromatic rings. The normalized spacial score (nSPS) is 17.2. The van der Waals surface area contributed by atoms with Gasteiger partial charge in [0.1, 0.15) is 0 Å². The molecular weight excluding hydrogens is 212 g/mol. The third-order valence-electron chi connectivity index (χ3n) is 3.28. The van der Waals surface area contributed by atoms with Gasteiger partial charge in [-0.1, -0.05) is 39.0 Å². The van der Waals surface area contributed by atoms with Crippen molar-refractivity contribution in [3.8, 4) is 0 Å². The fourth-order valence-corrected chi connectivity index (χ4v) is 2.28. The molecule has 0 heterocycles. The minimum Gasteiger partial charge on any atom is -0.478 e. The monoisotopic (exact) mass is 230 g/mol. The Morgan fingerprint density at radius 3 is 2.59 bits per heavy atom. The molecule has 2 rings (SSSR count). The van der Waals surface area contributed by atoms with Crippen molar-refractivity contribution in [1.29, 1.82) is 0 Å². The summed E-state index contributed by atoms with van der Waals surface area (Å²) in [4.78, 5) is 10.7. The van der Waals surface area contributed by atoms with Crippen molar-refractivity contribution in [2.75, 3.05) is 0 Å². The number of carbonyl (C=O) groups is 1. The molecule has 0 bridgehead atoms. The van der Waals surface area contributed by atoms with Crippen molar-refractivity contribution < 1.29 is 9.90 Å². The number of fused-ring (bicyclic) bond motifs is 1. The van der Waals surface area contributed by atoms with E-state index in [1.54, 1.807) is 0 Å². The van der Waals surface area contributed by atoms with Gasteiger partial charge in [0.2, 0.25) is 0 Å². The van der Waals surface area contributed by atoms with Gasteiger partial charge in [-0.3, -0.25) is 0 Å².